The lowest BCUT2D eigenvalue weighted by Crippen LogP contribution is -2.46. The maximum atomic E-state index is 13.0. The van der Waals surface area contributed by atoms with E-state index in [0.717, 1.165) is 12.8 Å². The summed E-state index contributed by atoms with van der Waals surface area (Å²) < 4.78 is 5.59. The minimum Gasteiger partial charge on any atom is -0.508 e. The van der Waals surface area contributed by atoms with E-state index in [4.69, 9.17) is 4.74 Å². The van der Waals surface area contributed by atoms with Crippen molar-refractivity contribution in [2.45, 2.75) is 85.3 Å². The lowest BCUT2D eigenvalue weighted by atomic mass is 9.94. The largest absolute Gasteiger partial charge is 0.508 e. The number of carbonyl (C=O) groups is 2. The number of ether oxygens (including phenoxy) is 1. The number of carbonyl (C=O) groups excluding carboxylic acids is 2. The average molecular weight is 463 g/mol. The van der Waals surface area contributed by atoms with Gasteiger partial charge in [0.1, 0.15) is 23.1 Å². The first-order valence-corrected chi connectivity index (χ1v) is 12.1. The molecule has 1 atom stereocenters. The molecular formula is C26H42N2O5. The van der Waals surface area contributed by atoms with E-state index in [-0.39, 0.29) is 40.9 Å². The van der Waals surface area contributed by atoms with Crippen LogP contribution in [0.25, 0.3) is 0 Å². The summed E-state index contributed by atoms with van der Waals surface area (Å²) in [7, 11) is 0. The number of phenols is 2. The quantitative estimate of drug-likeness (QED) is 0.495. The zero-order valence-electron chi connectivity index (χ0n) is 21.3. The van der Waals surface area contributed by atoms with Gasteiger partial charge in [0, 0.05) is 19.2 Å². The molecule has 0 radical (unpaired) electrons. The standard InChI is InChI=1S/C26H42N2O5/c1-16(2)12-21(25(32)33-26(5,6)7)27-15-18-8-10-28(11-9-18)24(31)20-13-19(17(3)4)22(29)14-23(20)30/h13-14,16-18,21,27,29-30H,8-12,15H2,1-7H3/t21-/m0/s1. The zero-order chi connectivity index (χ0) is 24.9. The van der Waals surface area contributed by atoms with E-state index in [0.29, 0.717) is 43.5 Å². The highest BCUT2D eigenvalue weighted by atomic mass is 16.6. The molecule has 3 N–H and O–H groups in total. The average Bonchev–Trinajstić information content (AvgIpc) is 2.69. The molecule has 1 heterocycles. The summed E-state index contributed by atoms with van der Waals surface area (Å²) in [6.45, 7) is 15.5. The van der Waals surface area contributed by atoms with Crippen molar-refractivity contribution in [1.82, 2.24) is 10.2 Å². The molecule has 0 spiro atoms. The number of amides is 1. The summed E-state index contributed by atoms with van der Waals surface area (Å²) in [4.78, 5) is 27.4. The molecule has 0 aliphatic carbocycles. The van der Waals surface area contributed by atoms with E-state index in [1.54, 1.807) is 11.0 Å². The molecule has 186 valence electrons. The number of nitrogens with one attached hydrogen (secondary N) is 1. The number of hydrogen-bond acceptors (Lipinski definition) is 6. The normalized spacial score (nSPS) is 16.3. The molecule has 0 saturated carbocycles. The van der Waals surface area contributed by atoms with Crippen LogP contribution in [0.3, 0.4) is 0 Å². The van der Waals surface area contributed by atoms with Crippen molar-refractivity contribution in [3.63, 3.8) is 0 Å². The van der Waals surface area contributed by atoms with Gasteiger partial charge in [-0.1, -0.05) is 27.7 Å². The van der Waals surface area contributed by atoms with Gasteiger partial charge in [-0.15, -0.1) is 0 Å². The van der Waals surface area contributed by atoms with Gasteiger partial charge in [0.2, 0.25) is 0 Å². The molecule has 1 aliphatic heterocycles. The molecule has 7 heteroatoms. The monoisotopic (exact) mass is 462 g/mol. The van der Waals surface area contributed by atoms with Crippen molar-refractivity contribution in [3.8, 4) is 11.5 Å². The van der Waals surface area contributed by atoms with Gasteiger partial charge in [0.05, 0.1) is 5.56 Å². The molecule has 1 aromatic rings. The lowest BCUT2D eigenvalue weighted by molar-refractivity contribution is -0.158. The van der Waals surface area contributed by atoms with Crippen molar-refractivity contribution < 1.29 is 24.5 Å². The Hall–Kier alpha value is -2.28. The maximum Gasteiger partial charge on any atom is 0.323 e. The Kier molecular flexibility index (Phi) is 9.18. The van der Waals surface area contributed by atoms with Gasteiger partial charge in [0.15, 0.2) is 0 Å². The number of aromatic hydroxyl groups is 2. The number of phenolic OH excluding ortho intramolecular Hbond substituents is 2. The first-order chi connectivity index (χ1) is 15.3. The molecule has 0 aromatic heterocycles. The van der Waals surface area contributed by atoms with E-state index in [1.807, 2.05) is 34.6 Å². The summed E-state index contributed by atoms with van der Waals surface area (Å²) in [6.07, 6.45) is 2.35. The Morgan fingerprint density at radius 1 is 1.09 bits per heavy atom. The summed E-state index contributed by atoms with van der Waals surface area (Å²) >= 11 is 0. The summed E-state index contributed by atoms with van der Waals surface area (Å²) in [5.74, 6) is 0.135. The highest BCUT2D eigenvalue weighted by Crippen LogP contribution is 2.33. The molecule has 1 aromatic carbocycles. The van der Waals surface area contributed by atoms with E-state index in [2.05, 4.69) is 19.2 Å². The van der Waals surface area contributed by atoms with E-state index < -0.39 is 5.60 Å². The lowest BCUT2D eigenvalue weighted by Gasteiger charge is -2.33. The number of nitrogens with zero attached hydrogens (tertiary/aromatic N) is 1. The third kappa shape index (κ3) is 7.91. The molecule has 33 heavy (non-hydrogen) atoms. The second-order valence-electron chi connectivity index (χ2n) is 10.9. The zero-order valence-corrected chi connectivity index (χ0v) is 21.3. The third-order valence-corrected chi connectivity index (χ3v) is 5.95. The number of piperidine rings is 1. The summed E-state index contributed by atoms with van der Waals surface area (Å²) in [5, 5.41) is 23.7. The second kappa shape index (κ2) is 11.2. The van der Waals surface area contributed by atoms with Gasteiger partial charge in [-0.3, -0.25) is 9.59 Å². The molecule has 0 unspecified atom stereocenters. The minimum atomic E-state index is -0.519. The Morgan fingerprint density at radius 2 is 1.70 bits per heavy atom. The van der Waals surface area contributed by atoms with E-state index >= 15 is 0 Å². The third-order valence-electron chi connectivity index (χ3n) is 5.95. The fourth-order valence-corrected chi connectivity index (χ4v) is 4.15. The molecule has 1 fully saturated rings. The fraction of sp³-hybridized carbons (Fsp3) is 0.692. The topological polar surface area (TPSA) is 99.1 Å². The Morgan fingerprint density at radius 3 is 2.21 bits per heavy atom. The maximum absolute atomic E-state index is 13.0. The molecule has 1 amide bonds. The second-order valence-corrected chi connectivity index (χ2v) is 10.9. The summed E-state index contributed by atoms with van der Waals surface area (Å²) in [6, 6.07) is 2.51. The number of rotatable bonds is 8. The van der Waals surface area contributed by atoms with Crippen LogP contribution in [0.4, 0.5) is 0 Å². The number of esters is 1. The fourth-order valence-electron chi connectivity index (χ4n) is 4.15. The Balaban J connectivity index is 1.95. The van der Waals surface area contributed by atoms with Gasteiger partial charge in [-0.2, -0.15) is 0 Å². The van der Waals surface area contributed by atoms with Crippen LogP contribution in [0.15, 0.2) is 12.1 Å². The van der Waals surface area contributed by atoms with E-state index in [1.165, 1.54) is 6.07 Å². The van der Waals surface area contributed by atoms with Crippen molar-refractivity contribution in [2.75, 3.05) is 19.6 Å². The predicted octanol–water partition coefficient (Wildman–Crippen LogP) is 4.42. The molecule has 2 rings (SSSR count). The number of hydrogen-bond donors (Lipinski definition) is 3. The van der Waals surface area contributed by atoms with Gasteiger partial charge < -0.3 is 25.2 Å². The smallest absolute Gasteiger partial charge is 0.323 e. The molecular weight excluding hydrogens is 420 g/mol. The van der Waals surface area contributed by atoms with Crippen LogP contribution >= 0.6 is 0 Å². The van der Waals surface area contributed by atoms with Crippen LogP contribution in [0.5, 0.6) is 11.5 Å². The molecule has 0 bridgehead atoms. The minimum absolute atomic E-state index is 0.00442. The number of benzene rings is 1. The molecule has 1 aliphatic rings. The SMILES string of the molecule is CC(C)C[C@H](NCC1CCN(C(=O)c2cc(C(C)C)c(O)cc2O)CC1)C(=O)OC(C)(C)C. The van der Waals surface area contributed by atoms with E-state index in [9.17, 15) is 19.8 Å². The first-order valence-electron chi connectivity index (χ1n) is 12.1. The van der Waals surface area contributed by atoms with Crippen LogP contribution in [0, 0.1) is 11.8 Å². The van der Waals surface area contributed by atoms with Crippen LogP contribution in [0.1, 0.15) is 89.6 Å². The van der Waals surface area contributed by atoms with Crippen LogP contribution in [-0.2, 0) is 9.53 Å². The highest BCUT2D eigenvalue weighted by molar-refractivity contribution is 5.97. The Labute approximate surface area is 198 Å². The first kappa shape index (κ1) is 27.0. The molecule has 7 nitrogen and oxygen atoms in total. The molecule has 1 saturated heterocycles. The van der Waals surface area contributed by atoms with Gasteiger partial charge >= 0.3 is 5.97 Å². The van der Waals surface area contributed by atoms with Crippen molar-refractivity contribution in [3.05, 3.63) is 23.3 Å². The van der Waals surface area contributed by atoms with Crippen molar-refractivity contribution in [2.24, 2.45) is 11.8 Å². The van der Waals surface area contributed by atoms with Crippen LogP contribution in [0.2, 0.25) is 0 Å². The predicted molar refractivity (Wildman–Crippen MR) is 130 cm³/mol. The van der Waals surface area contributed by atoms with Crippen LogP contribution < -0.4 is 5.32 Å². The highest BCUT2D eigenvalue weighted by Gasteiger charge is 2.29. The Bertz CT molecular complexity index is 821. The van der Waals surface area contributed by atoms with Gasteiger partial charge in [0.25, 0.3) is 5.91 Å². The van der Waals surface area contributed by atoms with Crippen molar-refractivity contribution >= 4 is 11.9 Å². The summed E-state index contributed by atoms with van der Waals surface area (Å²) in [5.41, 5.74) is 0.359. The van der Waals surface area contributed by atoms with Gasteiger partial charge in [-0.25, -0.2) is 0 Å². The van der Waals surface area contributed by atoms with Crippen LogP contribution in [-0.4, -0.2) is 58.3 Å². The number of likely N-dealkylation sites (tertiary alicyclic amines) is 1. The van der Waals surface area contributed by atoms with Crippen molar-refractivity contribution in [1.29, 1.82) is 0 Å². The van der Waals surface area contributed by atoms with Gasteiger partial charge in [-0.05, 0) is 76.0 Å².